The molecule has 92 valence electrons. The number of rotatable bonds is 5. The molecule has 0 spiro atoms. The van der Waals surface area contributed by atoms with Gasteiger partial charge < -0.3 is 5.73 Å². The summed E-state index contributed by atoms with van der Waals surface area (Å²) in [6.45, 7) is 2.16. The van der Waals surface area contributed by atoms with Gasteiger partial charge in [-0.15, -0.1) is 12.4 Å². The zero-order valence-corrected chi connectivity index (χ0v) is 11.6. The first-order valence-corrected chi connectivity index (χ1v) is 5.97. The molecule has 1 aromatic heterocycles. The van der Waals surface area contributed by atoms with Gasteiger partial charge in [-0.3, -0.25) is 4.98 Å². The van der Waals surface area contributed by atoms with Crippen molar-refractivity contribution in [2.75, 3.05) is 0 Å². The molecule has 0 amide bonds. The maximum absolute atomic E-state index is 6.04. The van der Waals surface area contributed by atoms with E-state index in [1.165, 1.54) is 12.8 Å². The summed E-state index contributed by atoms with van der Waals surface area (Å²) in [5.41, 5.74) is 6.86. The maximum Gasteiger partial charge on any atom is 0.0651 e. The topological polar surface area (TPSA) is 38.9 Å². The van der Waals surface area contributed by atoms with Gasteiger partial charge in [0, 0.05) is 24.0 Å². The largest absolute Gasteiger partial charge is 0.324 e. The Morgan fingerprint density at radius 1 is 1.25 bits per heavy atom. The van der Waals surface area contributed by atoms with Gasteiger partial charge in [0.2, 0.25) is 0 Å². The first-order valence-electron chi connectivity index (χ1n) is 5.21. The molecule has 1 rings (SSSR count). The lowest BCUT2D eigenvalue weighted by molar-refractivity contribution is 0.581. The van der Waals surface area contributed by atoms with E-state index in [0.717, 1.165) is 18.4 Å². The minimum Gasteiger partial charge on any atom is -0.324 e. The Kier molecular flexibility index (Phi) is 8.12. The van der Waals surface area contributed by atoms with Crippen molar-refractivity contribution in [1.82, 2.24) is 4.98 Å². The Hall–Kier alpha value is -0.0200. The molecule has 0 aliphatic carbocycles. The van der Waals surface area contributed by atoms with Crippen LogP contribution in [-0.4, -0.2) is 4.98 Å². The summed E-state index contributed by atoms with van der Waals surface area (Å²) in [5.74, 6) is 0. The molecule has 2 N–H and O–H groups in total. The Balaban J connectivity index is 0.00000225. The molecule has 0 fully saturated rings. The molecule has 0 saturated carbocycles. The van der Waals surface area contributed by atoms with Crippen molar-refractivity contribution < 1.29 is 0 Å². The van der Waals surface area contributed by atoms with Crippen molar-refractivity contribution in [2.24, 2.45) is 5.73 Å². The second kappa shape index (κ2) is 8.13. The summed E-state index contributed by atoms with van der Waals surface area (Å²) >= 11 is 12.0. The van der Waals surface area contributed by atoms with Crippen LogP contribution in [0.25, 0.3) is 0 Å². The van der Waals surface area contributed by atoms with E-state index in [-0.39, 0.29) is 18.4 Å². The van der Waals surface area contributed by atoms with E-state index in [1.807, 2.05) is 0 Å². The summed E-state index contributed by atoms with van der Waals surface area (Å²) in [5, 5.41) is 1.12. The van der Waals surface area contributed by atoms with Crippen LogP contribution in [0.4, 0.5) is 0 Å². The zero-order valence-electron chi connectivity index (χ0n) is 9.25. The van der Waals surface area contributed by atoms with Crippen LogP contribution < -0.4 is 5.73 Å². The van der Waals surface area contributed by atoms with Crippen LogP contribution in [0.15, 0.2) is 12.4 Å². The fourth-order valence-corrected chi connectivity index (χ4v) is 2.18. The highest BCUT2D eigenvalue weighted by atomic mass is 35.5. The Morgan fingerprint density at radius 2 is 1.81 bits per heavy atom. The van der Waals surface area contributed by atoms with Gasteiger partial charge in [-0.1, -0.05) is 49.4 Å². The summed E-state index contributed by atoms with van der Waals surface area (Å²) in [6.07, 6.45) is 7.56. The monoisotopic (exact) mass is 282 g/mol. The maximum atomic E-state index is 6.04. The van der Waals surface area contributed by atoms with Crippen molar-refractivity contribution in [3.05, 3.63) is 28.0 Å². The molecule has 0 aromatic carbocycles. The van der Waals surface area contributed by atoms with Gasteiger partial charge in [0.05, 0.1) is 10.0 Å². The number of pyridine rings is 1. The average Bonchev–Trinajstić information content (AvgIpc) is 2.18. The highest BCUT2D eigenvalue weighted by Gasteiger charge is 2.13. The van der Waals surface area contributed by atoms with Gasteiger partial charge in [0.15, 0.2) is 0 Å². The second-order valence-corrected chi connectivity index (χ2v) is 4.43. The number of hydrogen-bond acceptors (Lipinski definition) is 2. The number of nitrogens with two attached hydrogens (primary N) is 1. The molecule has 1 atom stereocenters. The summed E-state index contributed by atoms with van der Waals surface area (Å²) in [4.78, 5) is 3.90. The van der Waals surface area contributed by atoms with Gasteiger partial charge >= 0.3 is 0 Å². The highest BCUT2D eigenvalue weighted by Crippen LogP contribution is 2.30. The lowest BCUT2D eigenvalue weighted by atomic mass is 10.0. The van der Waals surface area contributed by atoms with Gasteiger partial charge in [-0.2, -0.15) is 0 Å². The lowest BCUT2D eigenvalue weighted by Crippen LogP contribution is -2.11. The normalized spacial score (nSPS) is 12.0. The molecule has 0 saturated heterocycles. The third kappa shape index (κ3) is 4.46. The molecule has 0 unspecified atom stereocenters. The third-order valence-electron chi connectivity index (χ3n) is 2.38. The van der Waals surface area contributed by atoms with Gasteiger partial charge in [0.25, 0.3) is 0 Å². The molecular weight excluding hydrogens is 266 g/mol. The SMILES string of the molecule is CCCCC[C@@H](N)c1c(Cl)cncc1Cl.Cl. The number of halogens is 3. The number of hydrogen-bond donors (Lipinski definition) is 1. The molecule has 0 radical (unpaired) electrons. The Morgan fingerprint density at radius 3 is 2.31 bits per heavy atom. The summed E-state index contributed by atoms with van der Waals surface area (Å²) < 4.78 is 0. The van der Waals surface area contributed by atoms with Crippen molar-refractivity contribution in [3.63, 3.8) is 0 Å². The number of aromatic nitrogens is 1. The minimum absolute atomic E-state index is 0. The third-order valence-corrected chi connectivity index (χ3v) is 2.98. The molecule has 5 heteroatoms. The molecule has 1 aromatic rings. The molecular formula is C11H17Cl3N2. The predicted molar refractivity (Wildman–Crippen MR) is 72.6 cm³/mol. The molecule has 1 heterocycles. The van der Waals surface area contributed by atoms with Crippen LogP contribution in [0.3, 0.4) is 0 Å². The van der Waals surface area contributed by atoms with Crippen LogP contribution in [0.5, 0.6) is 0 Å². The first-order chi connectivity index (χ1) is 7.16. The quantitative estimate of drug-likeness (QED) is 0.814. The van der Waals surface area contributed by atoms with E-state index in [9.17, 15) is 0 Å². The molecule has 2 nitrogen and oxygen atoms in total. The van der Waals surface area contributed by atoms with E-state index in [1.54, 1.807) is 12.4 Å². The molecule has 0 aliphatic heterocycles. The number of nitrogens with zero attached hydrogens (tertiary/aromatic N) is 1. The van der Waals surface area contributed by atoms with E-state index < -0.39 is 0 Å². The van der Waals surface area contributed by atoms with Crippen molar-refractivity contribution >= 4 is 35.6 Å². The van der Waals surface area contributed by atoms with Crippen LogP contribution in [-0.2, 0) is 0 Å². The van der Waals surface area contributed by atoms with Crippen LogP contribution in [0.2, 0.25) is 10.0 Å². The fraction of sp³-hybridized carbons (Fsp3) is 0.545. The van der Waals surface area contributed by atoms with Gasteiger partial charge in [-0.05, 0) is 6.42 Å². The van der Waals surface area contributed by atoms with Gasteiger partial charge in [0.1, 0.15) is 0 Å². The Labute approximate surface area is 113 Å². The standard InChI is InChI=1S/C11H16Cl2N2.ClH/c1-2-3-4-5-10(14)11-8(12)6-15-7-9(11)13;/h6-7,10H,2-5,14H2,1H3;1H/t10-;/m1./s1. The number of unbranched alkanes of at least 4 members (excludes halogenated alkanes) is 2. The highest BCUT2D eigenvalue weighted by molar-refractivity contribution is 6.35. The predicted octanol–water partition coefficient (Wildman–Crippen LogP) is 4.39. The van der Waals surface area contributed by atoms with Crippen LogP contribution >= 0.6 is 35.6 Å². The van der Waals surface area contributed by atoms with Crippen LogP contribution in [0, 0.1) is 0 Å². The van der Waals surface area contributed by atoms with Crippen molar-refractivity contribution in [1.29, 1.82) is 0 Å². The molecule has 0 aliphatic rings. The van der Waals surface area contributed by atoms with Crippen LogP contribution in [0.1, 0.15) is 44.2 Å². The average molecular weight is 284 g/mol. The van der Waals surface area contributed by atoms with E-state index >= 15 is 0 Å². The van der Waals surface area contributed by atoms with E-state index in [2.05, 4.69) is 11.9 Å². The minimum atomic E-state index is -0.0838. The van der Waals surface area contributed by atoms with Crippen molar-refractivity contribution in [2.45, 2.75) is 38.6 Å². The lowest BCUT2D eigenvalue weighted by Gasteiger charge is -2.14. The first kappa shape index (κ1) is 16.0. The molecule has 16 heavy (non-hydrogen) atoms. The zero-order chi connectivity index (χ0) is 11.3. The summed E-state index contributed by atoms with van der Waals surface area (Å²) in [6, 6.07) is -0.0838. The molecule has 0 bridgehead atoms. The second-order valence-electron chi connectivity index (χ2n) is 3.62. The Bertz CT molecular complexity index is 298. The fourth-order valence-electron chi connectivity index (χ4n) is 1.53. The summed E-state index contributed by atoms with van der Waals surface area (Å²) in [7, 11) is 0. The van der Waals surface area contributed by atoms with E-state index in [0.29, 0.717) is 10.0 Å². The van der Waals surface area contributed by atoms with Crippen molar-refractivity contribution in [3.8, 4) is 0 Å². The van der Waals surface area contributed by atoms with E-state index in [4.69, 9.17) is 28.9 Å². The smallest absolute Gasteiger partial charge is 0.0651 e. The van der Waals surface area contributed by atoms with Gasteiger partial charge in [-0.25, -0.2) is 0 Å².